The summed E-state index contributed by atoms with van der Waals surface area (Å²) in [5.74, 6) is 0. The largest absolute Gasteiger partial charge is 0.377 e. The van der Waals surface area contributed by atoms with Gasteiger partial charge in [-0.15, -0.1) is 16.6 Å². The van der Waals surface area contributed by atoms with Gasteiger partial charge in [0.25, 0.3) is 6.26 Å². The highest BCUT2D eigenvalue weighted by molar-refractivity contribution is 7.11. The fraction of sp³-hybridized carbons (Fsp3) is 0. The van der Waals surface area contributed by atoms with Crippen LogP contribution in [0.25, 0.3) is 0 Å². The Bertz CT molecular complexity index is 187. The van der Waals surface area contributed by atoms with Crippen LogP contribution in [0.3, 0.4) is 0 Å². The fourth-order valence-electron chi connectivity index (χ4n) is 0.367. The first-order chi connectivity index (χ1) is 3.93. The molecule has 0 bridgehead atoms. The molecule has 0 aliphatic carbocycles. The Hall–Kier alpha value is -1.01. The maximum atomic E-state index is 7.97. The number of hydrogen-bond donors (Lipinski definition) is 0. The molecule has 0 radical (unpaired) electrons. The maximum absolute atomic E-state index is 7.97. The zero-order chi connectivity index (χ0) is 5.82. The Morgan fingerprint density at radius 1 is 1.75 bits per heavy atom. The van der Waals surface area contributed by atoms with Crippen LogP contribution < -0.4 is 4.74 Å². The molecule has 8 heavy (non-hydrogen) atoms. The molecule has 0 saturated heterocycles. The summed E-state index contributed by atoms with van der Waals surface area (Å²) in [6, 6.07) is 3.57. The van der Waals surface area contributed by atoms with Gasteiger partial charge in [-0.05, 0) is 17.5 Å². The maximum Gasteiger partial charge on any atom is 0.293 e. The molecule has 0 spiro atoms. The first kappa shape index (κ1) is 5.13. The normalized spacial score (nSPS) is 7.88. The van der Waals surface area contributed by atoms with Crippen LogP contribution >= 0.6 is 11.3 Å². The molecule has 1 aromatic heterocycles. The molecule has 1 rings (SSSR count). The van der Waals surface area contributed by atoms with E-state index in [4.69, 9.17) is 5.26 Å². The molecule has 40 valence electrons. The Morgan fingerprint density at radius 2 is 2.62 bits per heavy atom. The van der Waals surface area contributed by atoms with E-state index in [0.29, 0.717) is 5.06 Å². The van der Waals surface area contributed by atoms with Crippen LogP contribution in [-0.4, -0.2) is 0 Å². The van der Waals surface area contributed by atoms with E-state index in [-0.39, 0.29) is 0 Å². The second-order valence-corrected chi connectivity index (χ2v) is 2.04. The smallest absolute Gasteiger partial charge is 0.293 e. The Kier molecular flexibility index (Phi) is 1.50. The topological polar surface area (TPSA) is 33.0 Å². The van der Waals surface area contributed by atoms with Crippen LogP contribution in [0.1, 0.15) is 0 Å². The summed E-state index contributed by atoms with van der Waals surface area (Å²) in [6.45, 7) is 0. The van der Waals surface area contributed by atoms with Gasteiger partial charge in [-0.1, -0.05) is 0 Å². The van der Waals surface area contributed by atoms with Crippen molar-refractivity contribution in [2.24, 2.45) is 0 Å². The standard InChI is InChI=1S/C5H3NOS/c6-4-7-5-2-1-3-8-5/h1-3H. The zero-order valence-corrected chi connectivity index (χ0v) is 4.81. The lowest BCUT2D eigenvalue weighted by molar-refractivity contribution is 0.522. The highest BCUT2D eigenvalue weighted by Crippen LogP contribution is 2.16. The second-order valence-electron chi connectivity index (χ2n) is 1.13. The number of hydrogen-bond acceptors (Lipinski definition) is 3. The molecule has 0 aliphatic rings. The predicted octanol–water partition coefficient (Wildman–Crippen LogP) is 1.61. The number of nitrogens with zero attached hydrogens (tertiary/aromatic N) is 1. The van der Waals surface area contributed by atoms with Gasteiger partial charge < -0.3 is 4.74 Å². The highest BCUT2D eigenvalue weighted by atomic mass is 32.1. The van der Waals surface area contributed by atoms with Crippen molar-refractivity contribution in [2.45, 2.75) is 0 Å². The minimum absolute atomic E-state index is 0.646. The minimum Gasteiger partial charge on any atom is -0.377 e. The third-order valence-electron chi connectivity index (χ3n) is 0.641. The van der Waals surface area contributed by atoms with Crippen molar-refractivity contribution in [1.29, 1.82) is 5.26 Å². The molecule has 0 unspecified atom stereocenters. The summed E-state index contributed by atoms with van der Waals surface area (Å²) in [4.78, 5) is 0. The molecule has 0 amide bonds. The summed E-state index contributed by atoms with van der Waals surface area (Å²) >= 11 is 1.40. The van der Waals surface area contributed by atoms with Crippen molar-refractivity contribution in [1.82, 2.24) is 0 Å². The van der Waals surface area contributed by atoms with Gasteiger partial charge in [-0.2, -0.15) is 0 Å². The molecule has 0 N–H and O–H groups in total. The molecule has 0 atom stereocenters. The van der Waals surface area contributed by atoms with Gasteiger partial charge in [-0.3, -0.25) is 0 Å². The molecular formula is C5H3NOS. The average Bonchev–Trinajstić information content (AvgIpc) is 2.19. The lowest BCUT2D eigenvalue weighted by atomic mass is 10.7. The molecule has 0 aromatic carbocycles. The third kappa shape index (κ3) is 0.983. The Morgan fingerprint density at radius 3 is 3.12 bits per heavy atom. The predicted molar refractivity (Wildman–Crippen MR) is 30.6 cm³/mol. The number of nitriles is 1. The van der Waals surface area contributed by atoms with Crippen LogP contribution in [0.15, 0.2) is 17.5 Å². The molecule has 0 saturated carbocycles. The van der Waals surface area contributed by atoms with Gasteiger partial charge in [0.1, 0.15) is 0 Å². The lowest BCUT2D eigenvalue weighted by Gasteiger charge is -1.81. The van der Waals surface area contributed by atoms with Crippen molar-refractivity contribution in [2.75, 3.05) is 0 Å². The van der Waals surface area contributed by atoms with E-state index in [1.54, 1.807) is 12.3 Å². The molecule has 1 heterocycles. The van der Waals surface area contributed by atoms with Crippen LogP contribution in [0.2, 0.25) is 0 Å². The van der Waals surface area contributed by atoms with Crippen molar-refractivity contribution in [3.63, 3.8) is 0 Å². The van der Waals surface area contributed by atoms with Gasteiger partial charge in [-0.25, -0.2) is 0 Å². The molecule has 0 fully saturated rings. The van der Waals surface area contributed by atoms with E-state index in [0.717, 1.165) is 0 Å². The molecular weight excluding hydrogens is 122 g/mol. The average molecular weight is 125 g/mol. The van der Waals surface area contributed by atoms with E-state index in [2.05, 4.69) is 4.74 Å². The van der Waals surface area contributed by atoms with Crippen LogP contribution in [0.5, 0.6) is 5.06 Å². The van der Waals surface area contributed by atoms with Crippen molar-refractivity contribution >= 4 is 11.3 Å². The Balaban J connectivity index is 2.67. The quantitative estimate of drug-likeness (QED) is 0.534. The second kappa shape index (κ2) is 2.34. The van der Waals surface area contributed by atoms with E-state index in [9.17, 15) is 0 Å². The lowest BCUT2D eigenvalue weighted by Crippen LogP contribution is -1.72. The first-order valence-electron chi connectivity index (χ1n) is 2.03. The molecule has 0 aliphatic heterocycles. The van der Waals surface area contributed by atoms with Gasteiger partial charge in [0.2, 0.25) is 0 Å². The molecule has 1 aromatic rings. The zero-order valence-electron chi connectivity index (χ0n) is 4.00. The first-order valence-corrected chi connectivity index (χ1v) is 2.91. The molecule has 3 heteroatoms. The van der Waals surface area contributed by atoms with Crippen LogP contribution in [0.4, 0.5) is 0 Å². The SMILES string of the molecule is N#COc1cccs1. The van der Waals surface area contributed by atoms with Crippen molar-refractivity contribution in [3.8, 4) is 11.3 Å². The fourth-order valence-corrected chi connectivity index (χ4v) is 0.900. The summed E-state index contributed by atoms with van der Waals surface area (Å²) in [6.07, 6.45) is 1.58. The van der Waals surface area contributed by atoms with E-state index >= 15 is 0 Å². The molecule has 2 nitrogen and oxygen atoms in total. The third-order valence-corrected chi connectivity index (χ3v) is 1.39. The minimum atomic E-state index is 0.646. The Labute approximate surface area is 50.9 Å². The number of rotatable bonds is 1. The summed E-state index contributed by atoms with van der Waals surface area (Å²) < 4.78 is 4.47. The van der Waals surface area contributed by atoms with Crippen molar-refractivity contribution in [3.05, 3.63) is 17.5 Å². The summed E-state index contributed by atoms with van der Waals surface area (Å²) in [5, 5.41) is 10.5. The van der Waals surface area contributed by atoms with Gasteiger partial charge >= 0.3 is 0 Å². The summed E-state index contributed by atoms with van der Waals surface area (Å²) in [5.41, 5.74) is 0. The van der Waals surface area contributed by atoms with Crippen LogP contribution in [-0.2, 0) is 0 Å². The highest BCUT2D eigenvalue weighted by Gasteiger charge is 1.87. The van der Waals surface area contributed by atoms with E-state index in [1.165, 1.54) is 11.3 Å². The number of thiophene rings is 1. The number of ether oxygens (including phenoxy) is 1. The van der Waals surface area contributed by atoms with Crippen molar-refractivity contribution < 1.29 is 4.74 Å². The van der Waals surface area contributed by atoms with E-state index in [1.807, 2.05) is 11.4 Å². The van der Waals surface area contributed by atoms with Gasteiger partial charge in [0.15, 0.2) is 5.06 Å². The monoisotopic (exact) mass is 125 g/mol. The van der Waals surface area contributed by atoms with E-state index < -0.39 is 0 Å². The van der Waals surface area contributed by atoms with Gasteiger partial charge in [0, 0.05) is 0 Å². The van der Waals surface area contributed by atoms with Gasteiger partial charge in [0.05, 0.1) is 0 Å². The summed E-state index contributed by atoms with van der Waals surface area (Å²) in [7, 11) is 0. The van der Waals surface area contributed by atoms with Crippen LogP contribution in [0, 0.1) is 11.5 Å².